The predicted molar refractivity (Wildman–Crippen MR) is 75.7 cm³/mol. The molecule has 2 rings (SSSR count). The Morgan fingerprint density at radius 3 is 2.61 bits per heavy atom. The number of hydrogen-bond acceptors (Lipinski definition) is 2. The quantitative estimate of drug-likeness (QED) is 0.830. The van der Waals surface area contributed by atoms with Crippen LogP contribution in [0.2, 0.25) is 0 Å². The zero-order valence-electron chi connectivity index (χ0n) is 11.6. The zero-order valence-corrected chi connectivity index (χ0v) is 11.6. The van der Waals surface area contributed by atoms with E-state index in [2.05, 4.69) is 31.2 Å². The van der Waals surface area contributed by atoms with E-state index in [1.807, 2.05) is 0 Å². The van der Waals surface area contributed by atoms with Gasteiger partial charge in [-0.1, -0.05) is 44.0 Å². The van der Waals surface area contributed by atoms with E-state index in [1.165, 1.54) is 30.4 Å². The maximum absolute atomic E-state index is 6.43. The van der Waals surface area contributed by atoms with Crippen molar-refractivity contribution in [2.45, 2.75) is 57.1 Å². The minimum Gasteiger partial charge on any atom is -0.379 e. The van der Waals surface area contributed by atoms with Crippen molar-refractivity contribution in [3.63, 3.8) is 0 Å². The molecule has 2 nitrogen and oxygen atoms in total. The standard InChI is InChI=1S/C16H25NO/c1-3-7-15(18-2)16(17)14-11-5-4-10-13(14)12-8-6-9-12/h4-5,10-12,15-16H,3,6-9,17H2,1-2H3. The maximum atomic E-state index is 6.43. The van der Waals surface area contributed by atoms with Crippen LogP contribution in [0.5, 0.6) is 0 Å². The van der Waals surface area contributed by atoms with E-state index in [4.69, 9.17) is 10.5 Å². The first kappa shape index (κ1) is 13.6. The average molecular weight is 247 g/mol. The van der Waals surface area contributed by atoms with Gasteiger partial charge in [-0.2, -0.15) is 0 Å². The molecule has 0 amide bonds. The summed E-state index contributed by atoms with van der Waals surface area (Å²) in [4.78, 5) is 0. The molecule has 2 unspecified atom stereocenters. The maximum Gasteiger partial charge on any atom is 0.0763 e. The van der Waals surface area contributed by atoms with Crippen LogP contribution in [-0.4, -0.2) is 13.2 Å². The van der Waals surface area contributed by atoms with Crippen LogP contribution >= 0.6 is 0 Å². The minimum atomic E-state index is 0.00625. The Bertz CT molecular complexity index is 373. The fourth-order valence-electron chi connectivity index (χ4n) is 2.83. The van der Waals surface area contributed by atoms with Crippen LogP contribution in [0, 0.1) is 0 Å². The summed E-state index contributed by atoms with van der Waals surface area (Å²) >= 11 is 0. The molecule has 2 atom stereocenters. The van der Waals surface area contributed by atoms with E-state index in [1.54, 1.807) is 7.11 Å². The monoisotopic (exact) mass is 247 g/mol. The van der Waals surface area contributed by atoms with Crippen molar-refractivity contribution in [3.05, 3.63) is 35.4 Å². The summed E-state index contributed by atoms with van der Waals surface area (Å²) in [6.07, 6.45) is 6.26. The Labute approximate surface area is 111 Å². The van der Waals surface area contributed by atoms with Crippen molar-refractivity contribution in [3.8, 4) is 0 Å². The number of hydrogen-bond donors (Lipinski definition) is 1. The van der Waals surface area contributed by atoms with Crippen LogP contribution in [-0.2, 0) is 4.74 Å². The summed E-state index contributed by atoms with van der Waals surface area (Å²) in [6, 6.07) is 8.66. The molecule has 1 saturated carbocycles. The lowest BCUT2D eigenvalue weighted by Crippen LogP contribution is -2.29. The van der Waals surface area contributed by atoms with E-state index in [9.17, 15) is 0 Å². The first-order chi connectivity index (χ1) is 8.77. The number of ether oxygens (including phenoxy) is 1. The molecule has 0 aliphatic heterocycles. The Kier molecular flexibility index (Phi) is 4.79. The molecule has 0 radical (unpaired) electrons. The molecule has 100 valence electrons. The van der Waals surface area contributed by atoms with Gasteiger partial charge in [0.1, 0.15) is 0 Å². The first-order valence-electron chi connectivity index (χ1n) is 7.15. The summed E-state index contributed by atoms with van der Waals surface area (Å²) in [5, 5.41) is 0. The van der Waals surface area contributed by atoms with Gasteiger partial charge in [0.05, 0.1) is 12.1 Å². The molecule has 2 N–H and O–H groups in total. The summed E-state index contributed by atoms with van der Waals surface area (Å²) in [5.41, 5.74) is 9.18. The van der Waals surface area contributed by atoms with E-state index < -0.39 is 0 Å². The highest BCUT2D eigenvalue weighted by atomic mass is 16.5. The molecule has 1 aromatic rings. The Morgan fingerprint density at radius 1 is 1.33 bits per heavy atom. The van der Waals surface area contributed by atoms with Gasteiger partial charge >= 0.3 is 0 Å². The molecule has 2 heteroatoms. The van der Waals surface area contributed by atoms with Crippen LogP contribution < -0.4 is 5.73 Å². The highest BCUT2D eigenvalue weighted by molar-refractivity contribution is 5.34. The molecule has 0 aromatic heterocycles. The topological polar surface area (TPSA) is 35.2 Å². The van der Waals surface area contributed by atoms with Gasteiger partial charge in [-0.05, 0) is 36.3 Å². The summed E-state index contributed by atoms with van der Waals surface area (Å²) in [5.74, 6) is 0.728. The molecular weight excluding hydrogens is 222 g/mol. The van der Waals surface area contributed by atoms with E-state index in [0.29, 0.717) is 0 Å². The van der Waals surface area contributed by atoms with Gasteiger partial charge in [0.25, 0.3) is 0 Å². The predicted octanol–water partition coefficient (Wildman–Crippen LogP) is 3.77. The van der Waals surface area contributed by atoms with Crippen molar-refractivity contribution in [1.82, 2.24) is 0 Å². The van der Waals surface area contributed by atoms with Gasteiger partial charge in [0, 0.05) is 7.11 Å². The molecule has 1 aliphatic carbocycles. The second-order valence-electron chi connectivity index (χ2n) is 5.35. The van der Waals surface area contributed by atoms with Crippen molar-refractivity contribution >= 4 is 0 Å². The number of nitrogens with two attached hydrogens (primary N) is 1. The Balaban J connectivity index is 2.20. The van der Waals surface area contributed by atoms with Gasteiger partial charge in [0.15, 0.2) is 0 Å². The van der Waals surface area contributed by atoms with E-state index in [0.717, 1.165) is 18.8 Å². The van der Waals surface area contributed by atoms with Gasteiger partial charge in [0.2, 0.25) is 0 Å². The van der Waals surface area contributed by atoms with Crippen molar-refractivity contribution in [1.29, 1.82) is 0 Å². The van der Waals surface area contributed by atoms with E-state index in [-0.39, 0.29) is 12.1 Å². The molecule has 0 bridgehead atoms. The molecular formula is C16H25NO. The summed E-state index contributed by atoms with van der Waals surface area (Å²) in [6.45, 7) is 2.18. The SMILES string of the molecule is CCCC(OC)C(N)c1ccccc1C1CCC1. The third kappa shape index (κ3) is 2.76. The second kappa shape index (κ2) is 6.35. The number of rotatable bonds is 6. The van der Waals surface area contributed by atoms with Crippen molar-refractivity contribution < 1.29 is 4.74 Å². The zero-order chi connectivity index (χ0) is 13.0. The lowest BCUT2D eigenvalue weighted by molar-refractivity contribution is 0.0720. The average Bonchev–Trinajstić information content (AvgIpc) is 2.34. The molecule has 1 aliphatic rings. The lowest BCUT2D eigenvalue weighted by Gasteiger charge is -2.31. The molecule has 1 fully saturated rings. The highest BCUT2D eigenvalue weighted by Gasteiger charge is 2.26. The third-order valence-corrected chi connectivity index (χ3v) is 4.18. The van der Waals surface area contributed by atoms with E-state index >= 15 is 0 Å². The first-order valence-corrected chi connectivity index (χ1v) is 7.15. The largest absolute Gasteiger partial charge is 0.379 e. The molecule has 18 heavy (non-hydrogen) atoms. The van der Waals surface area contributed by atoms with Gasteiger partial charge < -0.3 is 10.5 Å². The summed E-state index contributed by atoms with van der Waals surface area (Å²) in [7, 11) is 1.77. The van der Waals surface area contributed by atoms with Crippen molar-refractivity contribution in [2.24, 2.45) is 5.73 Å². The lowest BCUT2D eigenvalue weighted by atomic mass is 9.76. The normalized spacial score (nSPS) is 19.3. The smallest absolute Gasteiger partial charge is 0.0763 e. The molecule has 0 spiro atoms. The van der Waals surface area contributed by atoms with Gasteiger partial charge in [-0.3, -0.25) is 0 Å². The number of methoxy groups -OCH3 is 1. The molecule has 1 aromatic carbocycles. The minimum absolute atomic E-state index is 0.00625. The van der Waals surface area contributed by atoms with Crippen LogP contribution in [0.1, 0.15) is 62.1 Å². The third-order valence-electron chi connectivity index (χ3n) is 4.18. The van der Waals surface area contributed by atoms with Crippen molar-refractivity contribution in [2.75, 3.05) is 7.11 Å². The Hall–Kier alpha value is -0.860. The van der Waals surface area contributed by atoms with Crippen LogP contribution in [0.4, 0.5) is 0 Å². The fourth-order valence-corrected chi connectivity index (χ4v) is 2.83. The van der Waals surface area contributed by atoms with Gasteiger partial charge in [-0.25, -0.2) is 0 Å². The highest BCUT2D eigenvalue weighted by Crippen LogP contribution is 2.39. The van der Waals surface area contributed by atoms with Crippen LogP contribution in [0.3, 0.4) is 0 Å². The van der Waals surface area contributed by atoms with Crippen LogP contribution in [0.15, 0.2) is 24.3 Å². The fraction of sp³-hybridized carbons (Fsp3) is 0.625. The molecule has 0 heterocycles. The van der Waals surface area contributed by atoms with Crippen LogP contribution in [0.25, 0.3) is 0 Å². The summed E-state index contributed by atoms with van der Waals surface area (Å²) < 4.78 is 5.57. The molecule has 0 saturated heterocycles. The second-order valence-corrected chi connectivity index (χ2v) is 5.35. The Morgan fingerprint density at radius 2 is 2.06 bits per heavy atom. The van der Waals surface area contributed by atoms with Gasteiger partial charge in [-0.15, -0.1) is 0 Å². The number of benzene rings is 1.